The highest BCUT2D eigenvalue weighted by Crippen LogP contribution is 2.34. The lowest BCUT2D eigenvalue weighted by atomic mass is 9.93. The van der Waals surface area contributed by atoms with E-state index in [2.05, 4.69) is 12.1 Å². The van der Waals surface area contributed by atoms with Gasteiger partial charge in [0.2, 0.25) is 11.9 Å². The van der Waals surface area contributed by atoms with E-state index in [0.717, 1.165) is 31.4 Å². The van der Waals surface area contributed by atoms with Crippen LogP contribution in [0.4, 0.5) is 11.9 Å². The molecule has 160 valence electrons. The van der Waals surface area contributed by atoms with Crippen LogP contribution < -0.4 is 15.5 Å². The molecule has 0 radical (unpaired) electrons. The van der Waals surface area contributed by atoms with Crippen molar-refractivity contribution in [2.24, 2.45) is 5.73 Å². The van der Waals surface area contributed by atoms with Crippen LogP contribution in [-0.4, -0.2) is 51.0 Å². The van der Waals surface area contributed by atoms with Crippen molar-refractivity contribution in [3.05, 3.63) is 59.7 Å². The first-order valence-corrected chi connectivity index (χ1v) is 10.7. The van der Waals surface area contributed by atoms with E-state index in [9.17, 15) is 10.2 Å². The molecule has 0 saturated carbocycles. The average molecular weight is 419 g/mol. The summed E-state index contributed by atoms with van der Waals surface area (Å²) in [6.07, 6.45) is 2.58. The standard InChI is InChI=1S/C23H26N6O2/c24-20-9-4-11-29(20)23-26-21(16-6-3-7-17(31)13-16)25-22(27-23)28-12-10-15-5-1-2-8-18(15)19(28)14-30/h1-3,5-8,13,19-20,30-31H,4,9-12,14,24H2. The molecule has 1 fully saturated rings. The number of phenols is 1. The summed E-state index contributed by atoms with van der Waals surface area (Å²) < 4.78 is 0. The second kappa shape index (κ2) is 8.13. The zero-order valence-electron chi connectivity index (χ0n) is 17.2. The molecule has 3 heterocycles. The van der Waals surface area contributed by atoms with Crippen LogP contribution in [0.2, 0.25) is 0 Å². The third-order valence-corrected chi connectivity index (χ3v) is 6.11. The lowest BCUT2D eigenvalue weighted by Gasteiger charge is -2.36. The zero-order valence-corrected chi connectivity index (χ0v) is 17.2. The quantitative estimate of drug-likeness (QED) is 0.591. The SMILES string of the molecule is NC1CCCN1c1nc(-c2cccc(O)c2)nc(N2CCc3ccccc3C2CO)n1. The molecule has 4 N–H and O–H groups in total. The molecule has 5 rings (SSSR count). The molecular weight excluding hydrogens is 392 g/mol. The fraction of sp³-hybridized carbons (Fsp3) is 0.348. The molecule has 2 aliphatic heterocycles. The highest BCUT2D eigenvalue weighted by Gasteiger charge is 2.31. The first-order valence-electron chi connectivity index (χ1n) is 10.7. The minimum atomic E-state index is -0.232. The summed E-state index contributed by atoms with van der Waals surface area (Å²) in [5.74, 6) is 1.67. The van der Waals surface area contributed by atoms with Gasteiger partial charge in [-0.15, -0.1) is 0 Å². The van der Waals surface area contributed by atoms with E-state index < -0.39 is 0 Å². The molecular formula is C23H26N6O2. The summed E-state index contributed by atoms with van der Waals surface area (Å²) in [4.78, 5) is 18.3. The van der Waals surface area contributed by atoms with Gasteiger partial charge in [-0.05, 0) is 42.5 Å². The number of aliphatic hydroxyl groups excluding tert-OH is 1. The number of phenolic OH excluding ortho intramolecular Hbond substituents is 1. The largest absolute Gasteiger partial charge is 0.508 e. The van der Waals surface area contributed by atoms with Gasteiger partial charge >= 0.3 is 0 Å². The Bertz CT molecular complexity index is 1090. The van der Waals surface area contributed by atoms with Gasteiger partial charge in [-0.1, -0.05) is 36.4 Å². The van der Waals surface area contributed by atoms with E-state index >= 15 is 0 Å². The molecule has 1 aromatic heterocycles. The van der Waals surface area contributed by atoms with Gasteiger partial charge in [-0.25, -0.2) is 0 Å². The van der Waals surface area contributed by atoms with E-state index in [1.54, 1.807) is 18.2 Å². The second-order valence-electron chi connectivity index (χ2n) is 8.05. The monoisotopic (exact) mass is 418 g/mol. The number of benzene rings is 2. The zero-order chi connectivity index (χ0) is 21.4. The Kier molecular flexibility index (Phi) is 5.17. The van der Waals surface area contributed by atoms with Crippen molar-refractivity contribution in [2.75, 3.05) is 29.5 Å². The molecule has 0 spiro atoms. The van der Waals surface area contributed by atoms with E-state index in [1.165, 1.54) is 5.56 Å². The molecule has 2 unspecified atom stereocenters. The summed E-state index contributed by atoms with van der Waals surface area (Å²) in [6.45, 7) is 1.44. The number of aromatic hydroxyl groups is 1. The summed E-state index contributed by atoms with van der Waals surface area (Å²) in [5.41, 5.74) is 9.34. The smallest absolute Gasteiger partial charge is 0.231 e. The fourth-order valence-electron chi connectivity index (χ4n) is 4.51. The molecule has 31 heavy (non-hydrogen) atoms. The molecule has 0 amide bonds. The highest BCUT2D eigenvalue weighted by atomic mass is 16.3. The van der Waals surface area contributed by atoms with Crippen molar-refractivity contribution >= 4 is 11.9 Å². The number of nitrogens with zero attached hydrogens (tertiary/aromatic N) is 5. The summed E-state index contributed by atoms with van der Waals surface area (Å²) in [7, 11) is 0. The van der Waals surface area contributed by atoms with Crippen LogP contribution >= 0.6 is 0 Å². The van der Waals surface area contributed by atoms with Gasteiger partial charge in [-0.2, -0.15) is 15.0 Å². The third kappa shape index (κ3) is 3.68. The Morgan fingerprint density at radius 3 is 2.52 bits per heavy atom. The Morgan fingerprint density at radius 1 is 0.968 bits per heavy atom. The van der Waals surface area contributed by atoms with Gasteiger partial charge in [0.05, 0.1) is 18.8 Å². The predicted octanol–water partition coefficient (Wildman–Crippen LogP) is 2.23. The van der Waals surface area contributed by atoms with Crippen LogP contribution in [0.15, 0.2) is 48.5 Å². The molecule has 2 aromatic carbocycles. The van der Waals surface area contributed by atoms with E-state index in [1.807, 2.05) is 28.0 Å². The third-order valence-electron chi connectivity index (χ3n) is 6.11. The summed E-state index contributed by atoms with van der Waals surface area (Å²) in [5, 5.41) is 20.2. The lowest BCUT2D eigenvalue weighted by molar-refractivity contribution is 0.256. The van der Waals surface area contributed by atoms with Crippen LogP contribution in [0.5, 0.6) is 5.75 Å². The van der Waals surface area contributed by atoms with Crippen molar-refractivity contribution in [2.45, 2.75) is 31.5 Å². The molecule has 8 heteroatoms. The highest BCUT2D eigenvalue weighted by molar-refractivity contribution is 5.61. The first-order chi connectivity index (χ1) is 15.1. The van der Waals surface area contributed by atoms with Crippen molar-refractivity contribution in [3.8, 4) is 17.1 Å². The molecule has 2 atom stereocenters. The number of aliphatic hydroxyl groups is 1. The minimum Gasteiger partial charge on any atom is -0.508 e. The number of hydrogen-bond acceptors (Lipinski definition) is 8. The average Bonchev–Trinajstić information content (AvgIpc) is 3.24. The van der Waals surface area contributed by atoms with Crippen molar-refractivity contribution < 1.29 is 10.2 Å². The molecule has 0 bridgehead atoms. The number of nitrogens with two attached hydrogens (primary N) is 1. The van der Waals surface area contributed by atoms with Gasteiger partial charge in [0.1, 0.15) is 5.75 Å². The van der Waals surface area contributed by atoms with Crippen LogP contribution in [0.1, 0.15) is 30.0 Å². The second-order valence-corrected chi connectivity index (χ2v) is 8.05. The summed E-state index contributed by atoms with van der Waals surface area (Å²) >= 11 is 0. The Hall–Kier alpha value is -3.23. The maximum absolute atomic E-state index is 10.2. The van der Waals surface area contributed by atoms with Gasteiger partial charge in [0, 0.05) is 18.7 Å². The van der Waals surface area contributed by atoms with Crippen LogP contribution in [0, 0.1) is 0 Å². The number of rotatable bonds is 4. The normalized spacial score (nSPS) is 20.7. The molecule has 1 saturated heterocycles. The van der Waals surface area contributed by atoms with Gasteiger partial charge < -0.3 is 25.7 Å². The number of aromatic nitrogens is 3. The summed E-state index contributed by atoms with van der Waals surface area (Å²) in [6, 6.07) is 14.8. The maximum Gasteiger partial charge on any atom is 0.231 e. The molecule has 2 aliphatic rings. The van der Waals surface area contributed by atoms with Crippen LogP contribution in [-0.2, 0) is 6.42 Å². The Labute approximate surface area is 181 Å². The number of fused-ring (bicyclic) bond motifs is 1. The molecule has 3 aromatic rings. The Morgan fingerprint density at radius 2 is 1.77 bits per heavy atom. The van der Waals surface area contributed by atoms with Gasteiger partial charge in [0.15, 0.2) is 5.82 Å². The number of hydrogen-bond donors (Lipinski definition) is 3. The van der Waals surface area contributed by atoms with Crippen LogP contribution in [0.25, 0.3) is 11.4 Å². The lowest BCUT2D eigenvalue weighted by Crippen LogP contribution is -2.40. The Balaban J connectivity index is 1.61. The van der Waals surface area contributed by atoms with Gasteiger partial charge in [0.25, 0.3) is 0 Å². The predicted molar refractivity (Wildman–Crippen MR) is 119 cm³/mol. The minimum absolute atomic E-state index is 0.0390. The van der Waals surface area contributed by atoms with E-state index in [0.29, 0.717) is 29.8 Å². The van der Waals surface area contributed by atoms with Gasteiger partial charge in [-0.3, -0.25) is 0 Å². The first kappa shape index (κ1) is 19.7. The number of anilines is 2. The molecule has 0 aliphatic carbocycles. The topological polar surface area (TPSA) is 112 Å². The molecule has 8 nitrogen and oxygen atoms in total. The van der Waals surface area contributed by atoms with Crippen LogP contribution in [0.3, 0.4) is 0 Å². The van der Waals surface area contributed by atoms with Crippen molar-refractivity contribution in [3.63, 3.8) is 0 Å². The van der Waals surface area contributed by atoms with Crippen molar-refractivity contribution in [1.82, 2.24) is 15.0 Å². The van der Waals surface area contributed by atoms with E-state index in [4.69, 9.17) is 20.7 Å². The maximum atomic E-state index is 10.2. The van der Waals surface area contributed by atoms with Crippen molar-refractivity contribution in [1.29, 1.82) is 0 Å². The van der Waals surface area contributed by atoms with E-state index in [-0.39, 0.29) is 24.6 Å². The fourth-order valence-corrected chi connectivity index (χ4v) is 4.51.